The molecular weight excluding hydrogens is 456 g/mol. The molecule has 4 saturated carbocycles. The van der Waals surface area contributed by atoms with E-state index in [-0.39, 0.29) is 64.8 Å². The van der Waals surface area contributed by atoms with E-state index in [2.05, 4.69) is 33.8 Å². The first-order chi connectivity index (χ1) is 16.8. The third-order valence-electron chi connectivity index (χ3n) is 13.1. The van der Waals surface area contributed by atoms with Crippen LogP contribution in [-0.4, -0.2) is 70.8 Å². The summed E-state index contributed by atoms with van der Waals surface area (Å²) < 4.78 is 6.25. The Morgan fingerprint density at radius 2 is 1.56 bits per heavy atom. The zero-order chi connectivity index (χ0) is 26.4. The van der Waals surface area contributed by atoms with Crippen molar-refractivity contribution in [3.8, 4) is 0 Å². The van der Waals surface area contributed by atoms with Crippen molar-refractivity contribution >= 4 is 0 Å². The van der Waals surface area contributed by atoms with E-state index in [0.717, 1.165) is 51.4 Å². The summed E-state index contributed by atoms with van der Waals surface area (Å²) in [6.07, 6.45) is 9.02. The Balaban J connectivity index is 1.58. The number of ether oxygens (including phenoxy) is 1. The molecule has 4 fully saturated rings. The fourth-order valence-electron chi connectivity index (χ4n) is 10.8. The van der Waals surface area contributed by atoms with Gasteiger partial charge in [-0.15, -0.1) is 0 Å². The maximum Gasteiger partial charge on any atom is 0.0902 e. The van der Waals surface area contributed by atoms with Crippen molar-refractivity contribution in [3.63, 3.8) is 0 Å². The lowest BCUT2D eigenvalue weighted by Gasteiger charge is -2.71. The second-order valence-corrected chi connectivity index (χ2v) is 14.7. The highest BCUT2D eigenvalue weighted by atomic mass is 16.5. The molecule has 5 aliphatic carbocycles. The third-order valence-corrected chi connectivity index (χ3v) is 13.1. The minimum absolute atomic E-state index is 0.00297. The second-order valence-electron chi connectivity index (χ2n) is 14.7. The van der Waals surface area contributed by atoms with Gasteiger partial charge in [-0.1, -0.05) is 33.8 Å². The Morgan fingerprint density at radius 1 is 0.889 bits per heavy atom. The monoisotopic (exact) mass is 506 g/mol. The maximum atomic E-state index is 11.1. The van der Waals surface area contributed by atoms with Crippen molar-refractivity contribution in [3.05, 3.63) is 11.6 Å². The number of hydrogen-bond donors (Lipinski definition) is 5. The number of fused-ring (bicyclic) bond motifs is 5. The number of hydrogen-bond acceptors (Lipinski definition) is 6. The Kier molecular flexibility index (Phi) is 6.39. The predicted octanol–water partition coefficient (Wildman–Crippen LogP) is 3.44. The van der Waals surface area contributed by atoms with Crippen LogP contribution in [0.4, 0.5) is 0 Å². The molecule has 10 atom stereocenters. The van der Waals surface area contributed by atoms with Crippen molar-refractivity contribution in [1.29, 1.82) is 0 Å². The molecule has 5 aliphatic rings. The lowest BCUT2D eigenvalue weighted by molar-refractivity contribution is -0.263. The lowest BCUT2D eigenvalue weighted by Crippen LogP contribution is -2.70. The van der Waals surface area contributed by atoms with Crippen molar-refractivity contribution in [2.75, 3.05) is 26.9 Å². The summed E-state index contributed by atoms with van der Waals surface area (Å²) in [5.74, 6) is 0.161. The van der Waals surface area contributed by atoms with Gasteiger partial charge in [0.1, 0.15) is 0 Å². The fraction of sp³-hybridized carbons (Fsp3) is 0.933. The van der Waals surface area contributed by atoms with Gasteiger partial charge in [-0.3, -0.25) is 0 Å². The van der Waals surface area contributed by atoms with Crippen LogP contribution in [0.2, 0.25) is 0 Å². The summed E-state index contributed by atoms with van der Waals surface area (Å²) in [4.78, 5) is 0. The second kappa shape index (κ2) is 8.50. The molecule has 0 saturated heterocycles. The Labute approximate surface area is 217 Å². The molecule has 1 spiro atoms. The Bertz CT molecular complexity index is 900. The highest BCUT2D eigenvalue weighted by molar-refractivity contribution is 5.35. The largest absolute Gasteiger partial charge is 0.396 e. The number of allylic oxidation sites excluding steroid dienone is 1. The molecule has 0 aliphatic heterocycles. The molecule has 6 heteroatoms. The first-order valence-electron chi connectivity index (χ1n) is 14.3. The molecule has 6 nitrogen and oxygen atoms in total. The van der Waals surface area contributed by atoms with Crippen LogP contribution in [-0.2, 0) is 4.74 Å². The Hall–Kier alpha value is -0.500. The average molecular weight is 507 g/mol. The zero-order valence-electron chi connectivity index (χ0n) is 23.1. The minimum atomic E-state index is -1.12. The van der Waals surface area contributed by atoms with Gasteiger partial charge in [0, 0.05) is 19.1 Å². The summed E-state index contributed by atoms with van der Waals surface area (Å²) in [5, 5.41) is 53.1. The third kappa shape index (κ3) is 3.30. The first-order valence-corrected chi connectivity index (χ1v) is 14.3. The van der Waals surface area contributed by atoms with Gasteiger partial charge in [-0.05, 0) is 102 Å². The van der Waals surface area contributed by atoms with Crippen molar-refractivity contribution in [2.24, 2.45) is 44.3 Å². The van der Waals surface area contributed by atoms with Crippen molar-refractivity contribution in [1.82, 2.24) is 0 Å². The van der Waals surface area contributed by atoms with Crippen LogP contribution >= 0.6 is 0 Å². The van der Waals surface area contributed by atoms with E-state index in [0.29, 0.717) is 6.42 Å². The van der Waals surface area contributed by atoms with Crippen LogP contribution in [0.1, 0.15) is 85.5 Å². The van der Waals surface area contributed by atoms with Gasteiger partial charge in [0.05, 0.1) is 31.5 Å². The quantitative estimate of drug-likeness (QED) is 0.374. The van der Waals surface area contributed by atoms with E-state index in [1.165, 1.54) is 5.57 Å². The summed E-state index contributed by atoms with van der Waals surface area (Å²) >= 11 is 0. The van der Waals surface area contributed by atoms with Gasteiger partial charge in [-0.25, -0.2) is 0 Å². The predicted molar refractivity (Wildman–Crippen MR) is 138 cm³/mol. The molecule has 36 heavy (non-hydrogen) atoms. The SMILES string of the molecule is CO[C@H]1C[C@@H]2[C@@]3(C)C[C@@H](O)[C@@H](O)C(CO)(CO)[C@@H]3CC[C@@]2(C)[C@]2(C)CC[C@]3(C=C12)CCC(C)(CO)C3. The fourth-order valence-corrected chi connectivity index (χ4v) is 10.8. The summed E-state index contributed by atoms with van der Waals surface area (Å²) in [6.45, 7) is 8.94. The van der Waals surface area contributed by atoms with Gasteiger partial charge in [0.15, 0.2) is 0 Å². The molecule has 0 aromatic carbocycles. The molecule has 0 aromatic rings. The van der Waals surface area contributed by atoms with E-state index >= 15 is 0 Å². The highest BCUT2D eigenvalue weighted by Gasteiger charge is 2.70. The van der Waals surface area contributed by atoms with Crippen LogP contribution in [0.5, 0.6) is 0 Å². The van der Waals surface area contributed by atoms with Crippen LogP contribution in [0.25, 0.3) is 0 Å². The molecule has 5 rings (SSSR count). The van der Waals surface area contributed by atoms with Gasteiger partial charge >= 0.3 is 0 Å². The molecule has 0 amide bonds. The van der Waals surface area contributed by atoms with Crippen LogP contribution < -0.4 is 0 Å². The molecule has 0 heterocycles. The molecular formula is C30H50O6. The summed E-state index contributed by atoms with van der Waals surface area (Å²) in [6, 6.07) is 0. The number of aliphatic hydroxyl groups excluding tert-OH is 5. The van der Waals surface area contributed by atoms with Crippen molar-refractivity contribution < 1.29 is 30.3 Å². The van der Waals surface area contributed by atoms with Gasteiger partial charge in [0.2, 0.25) is 0 Å². The smallest absolute Gasteiger partial charge is 0.0902 e. The first kappa shape index (κ1) is 27.1. The maximum absolute atomic E-state index is 11.1. The van der Waals surface area contributed by atoms with Gasteiger partial charge in [0.25, 0.3) is 0 Å². The standard InChI is InChI=1S/C30H50O6/c1-25(16-31)8-10-29(15-25)11-9-27(3)19(13-29)21(36-5)12-23-26(2)14-20(34)24(35)30(17-32,18-33)22(26)6-7-28(23,27)4/h13,20-24,31-35H,6-12,14-18H2,1-5H3/t20-,21+,22-,23-,24-,25?,26+,27-,28-,29+/m1/s1. The van der Waals surface area contributed by atoms with Crippen LogP contribution in [0.15, 0.2) is 11.6 Å². The average Bonchev–Trinajstić information content (AvgIpc) is 3.18. The number of rotatable bonds is 4. The van der Waals surface area contributed by atoms with E-state index < -0.39 is 17.6 Å². The minimum Gasteiger partial charge on any atom is -0.396 e. The molecule has 1 unspecified atom stereocenters. The van der Waals surface area contributed by atoms with Crippen LogP contribution in [0.3, 0.4) is 0 Å². The molecule has 5 N–H and O–H groups in total. The zero-order valence-corrected chi connectivity index (χ0v) is 23.1. The summed E-state index contributed by atoms with van der Waals surface area (Å²) in [5.41, 5.74) is 0.0849. The molecule has 0 aromatic heterocycles. The number of methoxy groups -OCH3 is 1. The van der Waals surface area contributed by atoms with Crippen molar-refractivity contribution in [2.45, 2.75) is 104 Å². The Morgan fingerprint density at radius 3 is 2.14 bits per heavy atom. The topological polar surface area (TPSA) is 110 Å². The molecule has 0 bridgehead atoms. The van der Waals surface area contributed by atoms with E-state index in [1.54, 1.807) is 0 Å². The van der Waals surface area contributed by atoms with E-state index in [4.69, 9.17) is 4.74 Å². The lowest BCUT2D eigenvalue weighted by atomic mass is 9.34. The van der Waals surface area contributed by atoms with Gasteiger partial charge in [-0.2, -0.15) is 0 Å². The molecule has 206 valence electrons. The highest BCUT2D eigenvalue weighted by Crippen LogP contribution is 2.75. The summed E-state index contributed by atoms with van der Waals surface area (Å²) in [7, 11) is 1.82. The van der Waals surface area contributed by atoms with E-state index in [9.17, 15) is 25.5 Å². The van der Waals surface area contributed by atoms with Crippen LogP contribution in [0, 0.1) is 44.3 Å². The van der Waals surface area contributed by atoms with Gasteiger partial charge < -0.3 is 30.3 Å². The molecule has 0 radical (unpaired) electrons. The van der Waals surface area contributed by atoms with E-state index in [1.807, 2.05) is 7.11 Å². The number of aliphatic hydroxyl groups is 5. The normalized spacial score (nSPS) is 53.9.